The van der Waals surface area contributed by atoms with E-state index >= 15 is 0 Å². The van der Waals surface area contributed by atoms with Gasteiger partial charge in [0.05, 0.1) is 19.2 Å². The lowest BCUT2D eigenvalue weighted by Crippen LogP contribution is -2.19. The van der Waals surface area contributed by atoms with Gasteiger partial charge in [-0.05, 0) is 6.07 Å². The van der Waals surface area contributed by atoms with E-state index in [0.717, 1.165) is 7.11 Å². The minimum atomic E-state index is -5.07. The summed E-state index contributed by atoms with van der Waals surface area (Å²) in [6, 6.07) is 0.715. The molecule has 0 unspecified atom stereocenters. The van der Waals surface area contributed by atoms with Crippen LogP contribution in [0.1, 0.15) is 11.3 Å². The van der Waals surface area contributed by atoms with Gasteiger partial charge < -0.3 is 14.6 Å². The first-order valence-corrected chi connectivity index (χ1v) is 4.87. The maximum Gasteiger partial charge on any atom is 0.574 e. The lowest BCUT2D eigenvalue weighted by atomic mass is 10.1. The van der Waals surface area contributed by atoms with Crippen LogP contribution in [0.2, 0.25) is 0 Å². The summed E-state index contributed by atoms with van der Waals surface area (Å²) < 4.78 is 56.4. The number of aromatic nitrogens is 1. The van der Waals surface area contributed by atoms with Crippen molar-refractivity contribution in [3.63, 3.8) is 0 Å². The highest BCUT2D eigenvalue weighted by atomic mass is 19.4. The fourth-order valence-corrected chi connectivity index (χ4v) is 1.22. The van der Waals surface area contributed by atoms with E-state index < -0.39 is 37.1 Å². The van der Waals surface area contributed by atoms with Crippen molar-refractivity contribution in [1.82, 2.24) is 4.98 Å². The molecule has 9 heteroatoms. The highest BCUT2D eigenvalue weighted by Crippen LogP contribution is 2.31. The van der Waals surface area contributed by atoms with E-state index in [-0.39, 0.29) is 11.3 Å². The molecule has 0 fully saturated rings. The van der Waals surface area contributed by atoms with Crippen molar-refractivity contribution in [2.24, 2.45) is 0 Å². The van der Waals surface area contributed by atoms with Crippen LogP contribution < -0.4 is 4.74 Å². The average Bonchev–Trinajstić information content (AvgIpc) is 2.31. The Balaban J connectivity index is 3.14. The Labute approximate surface area is 104 Å². The van der Waals surface area contributed by atoms with Crippen molar-refractivity contribution < 1.29 is 36.9 Å². The summed E-state index contributed by atoms with van der Waals surface area (Å²) >= 11 is 0. The van der Waals surface area contributed by atoms with Gasteiger partial charge in [0.1, 0.15) is 6.67 Å². The van der Waals surface area contributed by atoms with E-state index in [0.29, 0.717) is 6.07 Å². The van der Waals surface area contributed by atoms with E-state index in [2.05, 4.69) is 14.5 Å². The van der Waals surface area contributed by atoms with Gasteiger partial charge in [0, 0.05) is 5.56 Å². The Kier molecular flexibility index (Phi) is 4.52. The first-order valence-electron chi connectivity index (χ1n) is 4.87. The van der Waals surface area contributed by atoms with Crippen molar-refractivity contribution in [2.75, 3.05) is 7.11 Å². The maximum absolute atomic E-state index is 12.6. The van der Waals surface area contributed by atoms with Crippen LogP contribution in [0, 0.1) is 0 Å². The van der Waals surface area contributed by atoms with Crippen molar-refractivity contribution in [3.05, 3.63) is 17.3 Å². The number of carbonyl (C=O) groups is 1. The number of halogens is 4. The minimum absolute atomic E-state index is 0.225. The molecule has 1 N–H and O–H groups in total. The molecule has 106 valence electrons. The van der Waals surface area contributed by atoms with Gasteiger partial charge in [0.25, 0.3) is 5.88 Å². The normalized spacial score (nSPS) is 11.2. The number of carbonyl (C=O) groups excluding carboxylic acids is 1. The third kappa shape index (κ3) is 4.27. The van der Waals surface area contributed by atoms with E-state index in [1.54, 1.807) is 0 Å². The van der Waals surface area contributed by atoms with Crippen molar-refractivity contribution in [3.8, 4) is 11.6 Å². The Morgan fingerprint density at radius 2 is 2.11 bits per heavy atom. The monoisotopic (exact) mass is 283 g/mol. The second-order valence-corrected chi connectivity index (χ2v) is 3.35. The van der Waals surface area contributed by atoms with Crippen LogP contribution in [0.4, 0.5) is 17.6 Å². The second-order valence-electron chi connectivity index (χ2n) is 3.35. The van der Waals surface area contributed by atoms with Gasteiger partial charge in [-0.2, -0.15) is 0 Å². The molecule has 0 radical (unpaired) electrons. The predicted octanol–water partition coefficient (Wildman–Crippen LogP) is 1.87. The van der Waals surface area contributed by atoms with E-state index in [4.69, 9.17) is 0 Å². The molecule has 1 aromatic heterocycles. The van der Waals surface area contributed by atoms with Gasteiger partial charge in [-0.15, -0.1) is 13.2 Å². The summed E-state index contributed by atoms with van der Waals surface area (Å²) in [6.07, 6.45) is -5.60. The van der Waals surface area contributed by atoms with Crippen LogP contribution in [-0.4, -0.2) is 29.5 Å². The Morgan fingerprint density at radius 1 is 1.47 bits per heavy atom. The number of hydrogen-bond donors (Lipinski definition) is 1. The van der Waals surface area contributed by atoms with Gasteiger partial charge >= 0.3 is 12.3 Å². The summed E-state index contributed by atoms with van der Waals surface area (Å²) in [5, 5.41) is 9.23. The molecule has 0 aliphatic carbocycles. The molecule has 0 spiro atoms. The molecule has 0 aliphatic rings. The van der Waals surface area contributed by atoms with E-state index in [1.807, 2.05) is 0 Å². The van der Waals surface area contributed by atoms with Crippen molar-refractivity contribution in [1.29, 1.82) is 0 Å². The first kappa shape index (κ1) is 15.0. The number of hydrogen-bond acceptors (Lipinski definition) is 5. The smallest absolute Gasteiger partial charge is 0.503 e. The SMILES string of the molecule is COC(=O)Cc1nc(OC(F)(F)F)c(O)cc1CF. The number of rotatable bonds is 4. The number of nitrogens with zero attached hydrogens (tertiary/aromatic N) is 1. The predicted molar refractivity (Wildman–Crippen MR) is 53.1 cm³/mol. The Morgan fingerprint density at radius 3 is 2.58 bits per heavy atom. The van der Waals surface area contributed by atoms with Crippen molar-refractivity contribution in [2.45, 2.75) is 19.5 Å². The zero-order chi connectivity index (χ0) is 14.6. The minimum Gasteiger partial charge on any atom is -0.503 e. The lowest BCUT2D eigenvalue weighted by molar-refractivity contribution is -0.276. The number of esters is 1. The van der Waals surface area contributed by atoms with Gasteiger partial charge in [0.2, 0.25) is 0 Å². The van der Waals surface area contributed by atoms with E-state index in [9.17, 15) is 27.5 Å². The summed E-state index contributed by atoms with van der Waals surface area (Å²) in [4.78, 5) is 14.3. The fourth-order valence-electron chi connectivity index (χ4n) is 1.22. The quantitative estimate of drug-likeness (QED) is 0.675. The molecular formula is C10H9F4NO4. The van der Waals surface area contributed by atoms with E-state index in [1.165, 1.54) is 0 Å². The number of alkyl halides is 4. The topological polar surface area (TPSA) is 68.7 Å². The molecule has 19 heavy (non-hydrogen) atoms. The molecule has 5 nitrogen and oxygen atoms in total. The first-order chi connectivity index (χ1) is 8.76. The molecule has 0 aliphatic heterocycles. The van der Waals surface area contributed by atoms with Gasteiger partial charge in [-0.1, -0.05) is 0 Å². The Bertz CT molecular complexity index is 475. The molecular weight excluding hydrogens is 274 g/mol. The molecule has 1 aromatic rings. The molecule has 0 amide bonds. The number of ether oxygens (including phenoxy) is 2. The maximum atomic E-state index is 12.6. The van der Waals surface area contributed by atoms with Crippen LogP contribution >= 0.6 is 0 Å². The third-order valence-electron chi connectivity index (χ3n) is 2.03. The zero-order valence-electron chi connectivity index (χ0n) is 9.62. The fraction of sp³-hybridized carbons (Fsp3) is 0.400. The lowest BCUT2D eigenvalue weighted by Gasteiger charge is -2.12. The van der Waals surface area contributed by atoms with Crippen molar-refractivity contribution >= 4 is 5.97 Å². The molecule has 0 atom stereocenters. The van der Waals surface area contributed by atoms with Gasteiger partial charge in [-0.25, -0.2) is 9.37 Å². The van der Waals surface area contributed by atoms with Gasteiger partial charge in [-0.3, -0.25) is 4.79 Å². The zero-order valence-corrected chi connectivity index (χ0v) is 9.62. The number of aromatic hydroxyl groups is 1. The molecule has 0 saturated carbocycles. The van der Waals surface area contributed by atoms with Crippen LogP contribution in [0.25, 0.3) is 0 Å². The summed E-state index contributed by atoms with van der Waals surface area (Å²) in [5.41, 5.74) is -0.524. The van der Waals surface area contributed by atoms with Crippen LogP contribution in [0.5, 0.6) is 11.6 Å². The highest BCUT2D eigenvalue weighted by molar-refractivity contribution is 5.72. The largest absolute Gasteiger partial charge is 0.574 e. The van der Waals surface area contributed by atoms with Crippen LogP contribution in [0.15, 0.2) is 6.07 Å². The molecule has 1 heterocycles. The summed E-state index contributed by atoms with van der Waals surface area (Å²) in [7, 11) is 1.06. The molecule has 0 bridgehead atoms. The van der Waals surface area contributed by atoms with Gasteiger partial charge in [0.15, 0.2) is 5.75 Å². The second kappa shape index (κ2) is 5.72. The molecule has 0 aromatic carbocycles. The number of pyridine rings is 1. The van der Waals surface area contributed by atoms with Crippen LogP contribution in [-0.2, 0) is 22.6 Å². The average molecular weight is 283 g/mol. The summed E-state index contributed by atoms with van der Waals surface area (Å²) in [5.74, 6) is -2.94. The molecule has 0 saturated heterocycles. The Hall–Kier alpha value is -2.06. The third-order valence-corrected chi connectivity index (χ3v) is 2.03. The highest BCUT2D eigenvalue weighted by Gasteiger charge is 2.33. The molecule has 1 rings (SSSR count). The number of methoxy groups -OCH3 is 1. The summed E-state index contributed by atoms with van der Waals surface area (Å²) in [6.45, 7) is -1.11. The standard InChI is InChI=1S/C10H9F4NO4/c1-18-8(17)3-6-5(4-11)2-7(16)9(15-6)19-10(12,13)14/h2,16H,3-4H2,1H3. The van der Waals surface area contributed by atoms with Crippen LogP contribution in [0.3, 0.4) is 0 Å².